The fraction of sp³-hybridized carbons (Fsp3) is 0.385. The average molecular weight is 264 g/mol. The molecule has 0 saturated carbocycles. The summed E-state index contributed by atoms with van der Waals surface area (Å²) >= 11 is 0. The molecule has 6 nitrogen and oxygen atoms in total. The molecule has 0 atom stereocenters. The quantitative estimate of drug-likeness (QED) is 0.626. The first-order chi connectivity index (χ1) is 9.18. The van der Waals surface area contributed by atoms with Gasteiger partial charge in [0.05, 0.1) is 18.8 Å². The van der Waals surface area contributed by atoms with E-state index in [-0.39, 0.29) is 18.1 Å². The molecule has 1 heterocycles. The van der Waals surface area contributed by atoms with Crippen molar-refractivity contribution in [3.63, 3.8) is 0 Å². The highest BCUT2D eigenvalue weighted by Gasteiger charge is 2.19. The number of amides is 1. The molecule has 0 unspecified atom stereocenters. The topological polar surface area (TPSA) is 81.9 Å². The van der Waals surface area contributed by atoms with Gasteiger partial charge < -0.3 is 20.1 Å². The molecular weight excluding hydrogens is 248 g/mol. The maximum atomic E-state index is 11.8. The Kier molecular flexibility index (Phi) is 4.35. The van der Waals surface area contributed by atoms with E-state index in [0.717, 1.165) is 0 Å². The van der Waals surface area contributed by atoms with E-state index >= 15 is 0 Å². The van der Waals surface area contributed by atoms with Crippen molar-refractivity contribution in [3.05, 3.63) is 29.8 Å². The number of morpholine rings is 1. The summed E-state index contributed by atoms with van der Waals surface area (Å²) in [7, 11) is 0. The van der Waals surface area contributed by atoms with E-state index in [0.29, 0.717) is 32.0 Å². The average Bonchev–Trinajstić information content (AvgIpc) is 2.46. The number of esters is 1. The molecule has 6 heteroatoms. The van der Waals surface area contributed by atoms with Crippen molar-refractivity contribution >= 4 is 17.6 Å². The SMILES string of the molecule is Nc1ccccc1C(=O)OCC(=O)N1CCOCC1. The lowest BCUT2D eigenvalue weighted by molar-refractivity contribution is -0.138. The lowest BCUT2D eigenvalue weighted by Crippen LogP contribution is -2.42. The van der Waals surface area contributed by atoms with Gasteiger partial charge in [-0.3, -0.25) is 4.79 Å². The number of benzene rings is 1. The van der Waals surface area contributed by atoms with E-state index in [4.69, 9.17) is 15.2 Å². The first-order valence-corrected chi connectivity index (χ1v) is 6.05. The summed E-state index contributed by atoms with van der Waals surface area (Å²) < 4.78 is 10.1. The second-order valence-corrected chi connectivity index (χ2v) is 4.16. The Bertz CT molecular complexity index is 469. The molecule has 1 amide bonds. The highest BCUT2D eigenvalue weighted by Crippen LogP contribution is 2.11. The minimum absolute atomic E-state index is 0.217. The number of nitrogens with zero attached hydrogens (tertiary/aromatic N) is 1. The molecule has 1 saturated heterocycles. The van der Waals surface area contributed by atoms with Crippen LogP contribution in [0.5, 0.6) is 0 Å². The molecular formula is C13H16N2O4. The van der Waals surface area contributed by atoms with Crippen molar-refractivity contribution in [3.8, 4) is 0 Å². The minimum atomic E-state index is -0.584. The van der Waals surface area contributed by atoms with E-state index in [2.05, 4.69) is 0 Å². The molecule has 0 aliphatic carbocycles. The number of nitrogen functional groups attached to an aromatic ring is 1. The van der Waals surface area contributed by atoms with Gasteiger partial charge in [-0.15, -0.1) is 0 Å². The Balaban J connectivity index is 1.86. The summed E-state index contributed by atoms with van der Waals surface area (Å²) in [5.74, 6) is -0.800. The smallest absolute Gasteiger partial charge is 0.340 e. The van der Waals surface area contributed by atoms with Gasteiger partial charge in [0.25, 0.3) is 5.91 Å². The first kappa shape index (κ1) is 13.4. The zero-order chi connectivity index (χ0) is 13.7. The molecule has 0 bridgehead atoms. The van der Waals surface area contributed by atoms with Gasteiger partial charge in [-0.1, -0.05) is 12.1 Å². The highest BCUT2D eigenvalue weighted by molar-refractivity contribution is 5.96. The maximum Gasteiger partial charge on any atom is 0.340 e. The Morgan fingerprint density at radius 3 is 2.63 bits per heavy atom. The molecule has 1 aliphatic rings. The number of rotatable bonds is 3. The monoisotopic (exact) mass is 264 g/mol. The van der Waals surface area contributed by atoms with Gasteiger partial charge in [-0.2, -0.15) is 0 Å². The first-order valence-electron chi connectivity index (χ1n) is 6.05. The van der Waals surface area contributed by atoms with Crippen LogP contribution in [0.25, 0.3) is 0 Å². The summed E-state index contributed by atoms with van der Waals surface area (Å²) in [5, 5.41) is 0. The van der Waals surface area contributed by atoms with Crippen LogP contribution >= 0.6 is 0 Å². The largest absolute Gasteiger partial charge is 0.452 e. The third kappa shape index (κ3) is 3.45. The van der Waals surface area contributed by atoms with Gasteiger partial charge in [0.15, 0.2) is 6.61 Å². The van der Waals surface area contributed by atoms with E-state index in [9.17, 15) is 9.59 Å². The molecule has 1 fully saturated rings. The number of anilines is 1. The zero-order valence-electron chi connectivity index (χ0n) is 10.5. The van der Waals surface area contributed by atoms with Crippen LogP contribution in [-0.4, -0.2) is 49.7 Å². The van der Waals surface area contributed by atoms with Crippen molar-refractivity contribution in [2.24, 2.45) is 0 Å². The molecule has 0 aromatic heterocycles. The van der Waals surface area contributed by atoms with Gasteiger partial charge in [-0.05, 0) is 12.1 Å². The molecule has 2 N–H and O–H groups in total. The van der Waals surface area contributed by atoms with E-state index < -0.39 is 5.97 Å². The molecule has 19 heavy (non-hydrogen) atoms. The van der Waals surface area contributed by atoms with Crippen LogP contribution in [0, 0.1) is 0 Å². The summed E-state index contributed by atoms with van der Waals surface area (Å²) in [4.78, 5) is 25.2. The number of nitrogens with two attached hydrogens (primary N) is 1. The van der Waals surface area contributed by atoms with Crippen molar-refractivity contribution < 1.29 is 19.1 Å². The molecule has 102 valence electrons. The van der Waals surface area contributed by atoms with Crippen LogP contribution < -0.4 is 5.73 Å². The van der Waals surface area contributed by atoms with Crippen LogP contribution in [0.2, 0.25) is 0 Å². The molecule has 1 aromatic rings. The fourth-order valence-corrected chi connectivity index (χ4v) is 1.79. The van der Waals surface area contributed by atoms with Gasteiger partial charge in [0, 0.05) is 18.8 Å². The van der Waals surface area contributed by atoms with E-state index in [1.54, 1.807) is 29.2 Å². The van der Waals surface area contributed by atoms with Gasteiger partial charge >= 0.3 is 5.97 Å². The third-order valence-electron chi connectivity index (χ3n) is 2.87. The van der Waals surface area contributed by atoms with Crippen LogP contribution in [0.3, 0.4) is 0 Å². The lowest BCUT2D eigenvalue weighted by atomic mass is 10.2. The minimum Gasteiger partial charge on any atom is -0.452 e. The van der Waals surface area contributed by atoms with E-state index in [1.807, 2.05) is 0 Å². The van der Waals surface area contributed by atoms with Gasteiger partial charge in [-0.25, -0.2) is 4.79 Å². The molecule has 0 radical (unpaired) electrons. The standard InChI is InChI=1S/C13H16N2O4/c14-11-4-2-1-3-10(11)13(17)19-9-12(16)15-5-7-18-8-6-15/h1-4H,5-9,14H2. The summed E-state index contributed by atoms with van der Waals surface area (Å²) in [6.07, 6.45) is 0. The number of para-hydroxylation sites is 1. The second kappa shape index (κ2) is 6.19. The predicted octanol–water partition coefficient (Wildman–Crippen LogP) is 0.284. The predicted molar refractivity (Wildman–Crippen MR) is 68.5 cm³/mol. The number of hydrogen-bond donors (Lipinski definition) is 1. The molecule has 2 rings (SSSR count). The Hall–Kier alpha value is -2.08. The highest BCUT2D eigenvalue weighted by atomic mass is 16.5. The van der Waals surface area contributed by atoms with Crippen LogP contribution in [0.4, 0.5) is 5.69 Å². The fourth-order valence-electron chi connectivity index (χ4n) is 1.79. The molecule has 1 aliphatic heterocycles. The summed E-state index contributed by atoms with van der Waals surface area (Å²) in [6, 6.07) is 6.60. The van der Waals surface area contributed by atoms with Crippen molar-refractivity contribution in [1.29, 1.82) is 0 Å². The Morgan fingerprint density at radius 2 is 1.95 bits per heavy atom. The van der Waals surface area contributed by atoms with Crippen LogP contribution in [-0.2, 0) is 14.3 Å². The Morgan fingerprint density at radius 1 is 1.26 bits per heavy atom. The van der Waals surface area contributed by atoms with Crippen LogP contribution in [0.1, 0.15) is 10.4 Å². The summed E-state index contributed by atoms with van der Waals surface area (Å²) in [6.45, 7) is 1.83. The number of hydrogen-bond acceptors (Lipinski definition) is 5. The third-order valence-corrected chi connectivity index (χ3v) is 2.87. The van der Waals surface area contributed by atoms with Gasteiger partial charge in [0.1, 0.15) is 0 Å². The zero-order valence-corrected chi connectivity index (χ0v) is 10.5. The number of carbonyl (C=O) groups is 2. The molecule has 0 spiro atoms. The Labute approximate surface area is 111 Å². The van der Waals surface area contributed by atoms with Crippen molar-refractivity contribution in [2.75, 3.05) is 38.6 Å². The maximum absolute atomic E-state index is 11.8. The second-order valence-electron chi connectivity index (χ2n) is 4.16. The van der Waals surface area contributed by atoms with Crippen molar-refractivity contribution in [1.82, 2.24) is 4.90 Å². The number of ether oxygens (including phenoxy) is 2. The van der Waals surface area contributed by atoms with Crippen molar-refractivity contribution in [2.45, 2.75) is 0 Å². The van der Waals surface area contributed by atoms with Gasteiger partial charge in [0.2, 0.25) is 0 Å². The normalized spacial score (nSPS) is 15.1. The van der Waals surface area contributed by atoms with Crippen LogP contribution in [0.15, 0.2) is 24.3 Å². The number of carbonyl (C=O) groups excluding carboxylic acids is 2. The summed E-state index contributed by atoms with van der Waals surface area (Å²) in [5.41, 5.74) is 6.27. The molecule has 1 aromatic carbocycles. The van der Waals surface area contributed by atoms with E-state index in [1.165, 1.54) is 0 Å². The lowest BCUT2D eigenvalue weighted by Gasteiger charge is -2.26.